The molecular weight excluding hydrogens is 304 g/mol. The molecule has 4 nitrogen and oxygen atoms in total. The van der Waals surface area contributed by atoms with Crippen molar-refractivity contribution in [2.24, 2.45) is 0 Å². The van der Waals surface area contributed by atoms with Crippen LogP contribution in [-0.2, 0) is 9.53 Å². The summed E-state index contributed by atoms with van der Waals surface area (Å²) in [6.45, 7) is 2.21. The highest BCUT2D eigenvalue weighted by molar-refractivity contribution is 5.66. The smallest absolute Gasteiger partial charge is 0.303 e. The Kier molecular flexibility index (Phi) is 11.2. The topological polar surface area (TPSA) is 70.1 Å². The molecule has 136 valence electrons. The highest BCUT2D eigenvalue weighted by Crippen LogP contribution is 2.27. The molecule has 3 atom stereocenters. The number of rotatable bonds is 14. The fraction of sp³-hybridized carbons (Fsp3) is 0.650. The summed E-state index contributed by atoms with van der Waals surface area (Å²) in [7, 11) is 0. The summed E-state index contributed by atoms with van der Waals surface area (Å²) >= 11 is 0. The first kappa shape index (κ1) is 20.7. The van der Waals surface area contributed by atoms with Gasteiger partial charge in [0.25, 0.3) is 0 Å². The second-order valence-corrected chi connectivity index (χ2v) is 6.29. The van der Waals surface area contributed by atoms with Crippen molar-refractivity contribution in [3.63, 3.8) is 0 Å². The minimum Gasteiger partial charge on any atom is -0.481 e. The molecule has 0 aromatic carbocycles. The molecule has 1 aliphatic rings. The third-order valence-electron chi connectivity index (χ3n) is 3.96. The van der Waals surface area contributed by atoms with Crippen molar-refractivity contribution in [2.75, 3.05) is 0 Å². The fourth-order valence-corrected chi connectivity index (χ4v) is 2.42. The number of aliphatic hydroxyl groups excluding tert-OH is 1. The Labute approximate surface area is 145 Å². The first-order chi connectivity index (χ1) is 11.6. The maximum Gasteiger partial charge on any atom is 0.303 e. The SMILES string of the molecule is CCCCC/C=C/CC1OC1/C=C/C(O)C/C=C/CCCC(=O)O. The lowest BCUT2D eigenvalue weighted by Gasteiger charge is -1.99. The van der Waals surface area contributed by atoms with Crippen LogP contribution in [0.4, 0.5) is 0 Å². The average Bonchev–Trinajstić information content (AvgIpc) is 3.30. The first-order valence-electron chi connectivity index (χ1n) is 9.17. The van der Waals surface area contributed by atoms with E-state index in [0.29, 0.717) is 12.8 Å². The van der Waals surface area contributed by atoms with E-state index in [1.54, 1.807) is 6.08 Å². The largest absolute Gasteiger partial charge is 0.481 e. The van der Waals surface area contributed by atoms with Gasteiger partial charge in [0, 0.05) is 6.42 Å². The molecule has 24 heavy (non-hydrogen) atoms. The normalized spacial score (nSPS) is 21.9. The first-order valence-corrected chi connectivity index (χ1v) is 9.17. The van der Waals surface area contributed by atoms with E-state index in [2.05, 4.69) is 19.1 Å². The second-order valence-electron chi connectivity index (χ2n) is 6.29. The fourth-order valence-electron chi connectivity index (χ4n) is 2.42. The Morgan fingerprint density at radius 3 is 2.62 bits per heavy atom. The number of epoxide rings is 1. The molecule has 1 saturated heterocycles. The molecule has 0 bridgehead atoms. The zero-order valence-electron chi connectivity index (χ0n) is 14.8. The summed E-state index contributed by atoms with van der Waals surface area (Å²) in [6, 6.07) is 0. The van der Waals surface area contributed by atoms with Crippen LogP contribution in [0.25, 0.3) is 0 Å². The zero-order valence-corrected chi connectivity index (χ0v) is 14.8. The van der Waals surface area contributed by atoms with Crippen molar-refractivity contribution in [3.05, 3.63) is 36.5 Å². The summed E-state index contributed by atoms with van der Waals surface area (Å²) in [6.07, 6.45) is 19.9. The lowest BCUT2D eigenvalue weighted by molar-refractivity contribution is -0.137. The maximum atomic E-state index is 10.4. The molecule has 2 N–H and O–H groups in total. The maximum absolute atomic E-state index is 10.4. The summed E-state index contributed by atoms with van der Waals surface area (Å²) < 4.78 is 5.55. The van der Waals surface area contributed by atoms with E-state index >= 15 is 0 Å². The van der Waals surface area contributed by atoms with E-state index < -0.39 is 12.1 Å². The molecule has 4 heteroatoms. The predicted molar refractivity (Wildman–Crippen MR) is 97.0 cm³/mol. The van der Waals surface area contributed by atoms with E-state index in [4.69, 9.17) is 9.84 Å². The molecule has 0 radical (unpaired) electrons. The van der Waals surface area contributed by atoms with Crippen LogP contribution in [0.3, 0.4) is 0 Å². The van der Waals surface area contributed by atoms with Gasteiger partial charge in [-0.25, -0.2) is 0 Å². The number of aliphatic hydroxyl groups is 1. The number of carboxylic acid groups (broad SMARTS) is 1. The van der Waals surface area contributed by atoms with Gasteiger partial charge in [-0.3, -0.25) is 4.79 Å². The van der Waals surface area contributed by atoms with Crippen LogP contribution in [-0.4, -0.2) is 34.5 Å². The Morgan fingerprint density at radius 1 is 1.12 bits per heavy atom. The highest BCUT2D eigenvalue weighted by atomic mass is 16.6. The number of hydrogen-bond acceptors (Lipinski definition) is 3. The predicted octanol–water partition coefficient (Wildman–Crippen LogP) is 4.40. The number of aliphatic carboxylic acids is 1. The molecule has 0 saturated carbocycles. The van der Waals surface area contributed by atoms with Crippen LogP contribution in [0.15, 0.2) is 36.5 Å². The molecule has 1 rings (SSSR count). The summed E-state index contributed by atoms with van der Waals surface area (Å²) in [5.41, 5.74) is 0. The van der Waals surface area contributed by atoms with Crippen molar-refractivity contribution >= 4 is 5.97 Å². The van der Waals surface area contributed by atoms with Crippen LogP contribution < -0.4 is 0 Å². The Hall–Kier alpha value is -1.39. The van der Waals surface area contributed by atoms with E-state index in [0.717, 1.165) is 19.3 Å². The van der Waals surface area contributed by atoms with Crippen molar-refractivity contribution in [1.29, 1.82) is 0 Å². The van der Waals surface area contributed by atoms with Crippen molar-refractivity contribution in [2.45, 2.75) is 83.0 Å². The van der Waals surface area contributed by atoms with Crippen LogP contribution in [0.1, 0.15) is 64.7 Å². The molecule has 0 aromatic heterocycles. The van der Waals surface area contributed by atoms with Crippen LogP contribution in [0.5, 0.6) is 0 Å². The quantitative estimate of drug-likeness (QED) is 0.280. The number of unbranched alkanes of at least 4 members (excludes halogenated alkanes) is 4. The lowest BCUT2D eigenvalue weighted by atomic mass is 10.1. The van der Waals surface area contributed by atoms with Gasteiger partial charge >= 0.3 is 5.97 Å². The monoisotopic (exact) mass is 336 g/mol. The number of carboxylic acids is 1. The molecule has 0 aliphatic carbocycles. The number of hydrogen-bond donors (Lipinski definition) is 2. The molecule has 0 spiro atoms. The molecule has 1 heterocycles. The van der Waals surface area contributed by atoms with E-state index in [1.807, 2.05) is 18.2 Å². The van der Waals surface area contributed by atoms with Gasteiger partial charge in [0.05, 0.1) is 12.2 Å². The molecule has 1 aliphatic heterocycles. The third-order valence-corrected chi connectivity index (χ3v) is 3.96. The lowest BCUT2D eigenvalue weighted by Crippen LogP contribution is -2.00. The van der Waals surface area contributed by atoms with Crippen LogP contribution in [0, 0.1) is 0 Å². The van der Waals surface area contributed by atoms with E-state index in [-0.39, 0.29) is 18.6 Å². The summed E-state index contributed by atoms with van der Waals surface area (Å²) in [4.78, 5) is 10.4. The van der Waals surface area contributed by atoms with E-state index in [1.165, 1.54) is 19.3 Å². The standard InChI is InChI=1S/C20H32O4/c1-2-3-4-5-6-10-13-18-19(24-18)16-15-17(21)12-9-7-8-11-14-20(22)23/h6-7,9-10,15-19,21H,2-5,8,11-14H2,1H3,(H,22,23)/b9-7+,10-6+,16-15+. The van der Waals surface area contributed by atoms with Crippen LogP contribution >= 0.6 is 0 Å². The van der Waals surface area contributed by atoms with Crippen LogP contribution in [0.2, 0.25) is 0 Å². The van der Waals surface area contributed by atoms with E-state index in [9.17, 15) is 9.90 Å². The number of carbonyl (C=O) groups is 1. The molecular formula is C20H32O4. The summed E-state index contributed by atoms with van der Waals surface area (Å²) in [5.74, 6) is -0.763. The number of ether oxygens (including phenoxy) is 1. The van der Waals surface area contributed by atoms with Gasteiger partial charge < -0.3 is 14.9 Å². The molecule has 0 amide bonds. The molecule has 0 aromatic rings. The zero-order chi connectivity index (χ0) is 17.6. The summed E-state index contributed by atoms with van der Waals surface area (Å²) in [5, 5.41) is 18.4. The van der Waals surface area contributed by atoms with Gasteiger partial charge in [-0.05, 0) is 38.5 Å². The highest BCUT2D eigenvalue weighted by Gasteiger charge is 2.34. The third kappa shape index (κ3) is 11.2. The average molecular weight is 336 g/mol. The Balaban J connectivity index is 2.04. The van der Waals surface area contributed by atoms with Gasteiger partial charge in [0.1, 0.15) is 6.10 Å². The van der Waals surface area contributed by atoms with Gasteiger partial charge in [-0.2, -0.15) is 0 Å². The Morgan fingerprint density at radius 2 is 1.88 bits per heavy atom. The molecule has 3 unspecified atom stereocenters. The minimum absolute atomic E-state index is 0.138. The second kappa shape index (κ2) is 13.0. The van der Waals surface area contributed by atoms with Crippen molar-refractivity contribution < 1.29 is 19.7 Å². The van der Waals surface area contributed by atoms with Gasteiger partial charge in [-0.15, -0.1) is 0 Å². The van der Waals surface area contributed by atoms with Crippen molar-refractivity contribution in [1.82, 2.24) is 0 Å². The van der Waals surface area contributed by atoms with Gasteiger partial charge in [-0.1, -0.05) is 56.2 Å². The molecule has 1 fully saturated rings. The van der Waals surface area contributed by atoms with Gasteiger partial charge in [0.15, 0.2) is 0 Å². The van der Waals surface area contributed by atoms with Gasteiger partial charge in [0.2, 0.25) is 0 Å². The van der Waals surface area contributed by atoms with Crippen molar-refractivity contribution in [3.8, 4) is 0 Å². The number of allylic oxidation sites excluding steroid dienone is 2. The minimum atomic E-state index is -0.763. The Bertz CT molecular complexity index is 425.